The first kappa shape index (κ1) is 13.7. The van der Waals surface area contributed by atoms with Gasteiger partial charge in [0, 0.05) is 30.3 Å². The lowest BCUT2D eigenvalue weighted by Gasteiger charge is -2.35. The lowest BCUT2D eigenvalue weighted by molar-refractivity contribution is 0.143. The van der Waals surface area contributed by atoms with Crippen LogP contribution in [0.2, 0.25) is 5.02 Å². The zero-order valence-corrected chi connectivity index (χ0v) is 12.1. The molecule has 1 heterocycles. The van der Waals surface area contributed by atoms with Crippen molar-refractivity contribution >= 4 is 17.3 Å². The first-order chi connectivity index (χ1) is 8.65. The maximum atomic E-state index is 5.86. The van der Waals surface area contributed by atoms with E-state index < -0.39 is 0 Å². The molecular weight excluding hydrogens is 244 g/mol. The summed E-state index contributed by atoms with van der Waals surface area (Å²) in [5.41, 5.74) is 1.15. The second kappa shape index (κ2) is 6.44. The van der Waals surface area contributed by atoms with Crippen molar-refractivity contribution in [3.8, 4) is 0 Å². The summed E-state index contributed by atoms with van der Waals surface area (Å²) in [4.78, 5) is 2.56. The number of halogens is 1. The third-order valence-corrected chi connectivity index (χ3v) is 4.27. The Bertz CT molecular complexity index is 363. The van der Waals surface area contributed by atoms with E-state index >= 15 is 0 Å². The normalized spacial score (nSPS) is 25.1. The number of anilines is 1. The van der Waals surface area contributed by atoms with Gasteiger partial charge < -0.3 is 10.2 Å². The smallest absolute Gasteiger partial charge is 0.0407 e. The minimum atomic E-state index is 0.791. The molecule has 0 aromatic heterocycles. The lowest BCUT2D eigenvalue weighted by Crippen LogP contribution is -2.40. The number of benzene rings is 1. The molecule has 1 fully saturated rings. The number of hydrogen-bond donors (Lipinski definition) is 1. The van der Waals surface area contributed by atoms with Crippen LogP contribution in [0.15, 0.2) is 24.3 Å². The highest BCUT2D eigenvalue weighted by Crippen LogP contribution is 2.22. The van der Waals surface area contributed by atoms with Gasteiger partial charge in [-0.2, -0.15) is 0 Å². The van der Waals surface area contributed by atoms with E-state index in [4.69, 9.17) is 11.6 Å². The molecular formula is C15H23ClN2. The Kier molecular flexibility index (Phi) is 4.90. The highest BCUT2D eigenvalue weighted by Gasteiger charge is 2.21. The van der Waals surface area contributed by atoms with Crippen molar-refractivity contribution in [3.63, 3.8) is 0 Å². The number of nitrogens with one attached hydrogen (secondary N) is 1. The van der Waals surface area contributed by atoms with Crippen molar-refractivity contribution in [1.82, 2.24) is 4.90 Å². The maximum absolute atomic E-state index is 5.86. The molecule has 2 nitrogen and oxygen atoms in total. The zero-order valence-electron chi connectivity index (χ0n) is 11.3. The number of nitrogens with zero attached hydrogens (tertiary/aromatic N) is 1. The van der Waals surface area contributed by atoms with E-state index in [9.17, 15) is 0 Å². The second-order valence-corrected chi connectivity index (χ2v) is 5.91. The fourth-order valence-corrected chi connectivity index (χ4v) is 2.60. The minimum Gasteiger partial charge on any atom is -0.384 e. The van der Waals surface area contributed by atoms with Gasteiger partial charge in [0.15, 0.2) is 0 Å². The number of piperidine rings is 1. The standard InChI is InChI=1S/C15H23ClN2/c1-12-7-9-18(11-13(12)2)10-8-17-15-5-3-14(16)4-6-15/h3-6,12-13,17H,7-11H2,1-2H3. The van der Waals surface area contributed by atoms with E-state index in [2.05, 4.69) is 24.1 Å². The summed E-state index contributed by atoms with van der Waals surface area (Å²) >= 11 is 5.86. The zero-order chi connectivity index (χ0) is 13.0. The Morgan fingerprint density at radius 2 is 1.94 bits per heavy atom. The average Bonchev–Trinajstić information content (AvgIpc) is 2.36. The van der Waals surface area contributed by atoms with Gasteiger partial charge in [-0.15, -0.1) is 0 Å². The molecule has 0 spiro atoms. The Labute approximate surface area is 115 Å². The van der Waals surface area contributed by atoms with Crippen LogP contribution in [0.3, 0.4) is 0 Å². The van der Waals surface area contributed by atoms with Crippen LogP contribution in [0.1, 0.15) is 20.3 Å². The molecule has 0 bridgehead atoms. The molecule has 0 saturated carbocycles. The van der Waals surface area contributed by atoms with Crippen LogP contribution < -0.4 is 5.32 Å². The van der Waals surface area contributed by atoms with Crippen molar-refractivity contribution in [2.24, 2.45) is 11.8 Å². The Morgan fingerprint density at radius 1 is 1.22 bits per heavy atom. The van der Waals surface area contributed by atoms with Gasteiger partial charge in [-0.1, -0.05) is 25.4 Å². The molecule has 100 valence electrons. The molecule has 1 aliphatic rings. The van der Waals surface area contributed by atoms with Crippen molar-refractivity contribution in [3.05, 3.63) is 29.3 Å². The van der Waals surface area contributed by atoms with Gasteiger partial charge in [-0.3, -0.25) is 0 Å². The van der Waals surface area contributed by atoms with Gasteiger partial charge in [-0.05, 0) is 49.1 Å². The predicted molar refractivity (Wildman–Crippen MR) is 79.3 cm³/mol. The Hall–Kier alpha value is -0.730. The van der Waals surface area contributed by atoms with E-state index in [1.54, 1.807) is 0 Å². The molecule has 2 unspecified atom stereocenters. The SMILES string of the molecule is CC1CCN(CCNc2ccc(Cl)cc2)CC1C. The molecule has 1 aliphatic heterocycles. The number of hydrogen-bond acceptors (Lipinski definition) is 2. The molecule has 1 saturated heterocycles. The van der Waals surface area contributed by atoms with E-state index in [-0.39, 0.29) is 0 Å². The van der Waals surface area contributed by atoms with Crippen molar-refractivity contribution < 1.29 is 0 Å². The van der Waals surface area contributed by atoms with E-state index in [0.29, 0.717) is 0 Å². The van der Waals surface area contributed by atoms with Crippen LogP contribution >= 0.6 is 11.6 Å². The second-order valence-electron chi connectivity index (χ2n) is 5.48. The monoisotopic (exact) mass is 266 g/mol. The largest absolute Gasteiger partial charge is 0.384 e. The molecule has 1 N–H and O–H groups in total. The Balaban J connectivity index is 1.71. The van der Waals surface area contributed by atoms with Crippen molar-refractivity contribution in [2.45, 2.75) is 20.3 Å². The summed E-state index contributed by atoms with van der Waals surface area (Å²) in [5, 5.41) is 4.24. The van der Waals surface area contributed by atoms with Crippen LogP contribution in [0, 0.1) is 11.8 Å². The summed E-state index contributed by atoms with van der Waals surface area (Å²) in [5.74, 6) is 1.71. The van der Waals surface area contributed by atoms with E-state index in [0.717, 1.165) is 35.6 Å². The summed E-state index contributed by atoms with van der Waals surface area (Å²) in [6, 6.07) is 7.91. The van der Waals surface area contributed by atoms with Gasteiger partial charge in [0.05, 0.1) is 0 Å². The third kappa shape index (κ3) is 3.89. The number of rotatable bonds is 4. The maximum Gasteiger partial charge on any atom is 0.0407 e. The molecule has 0 amide bonds. The molecule has 2 rings (SSSR count). The quantitative estimate of drug-likeness (QED) is 0.893. The van der Waals surface area contributed by atoms with Crippen LogP contribution in [0.4, 0.5) is 5.69 Å². The summed E-state index contributed by atoms with van der Waals surface area (Å²) in [7, 11) is 0. The van der Waals surface area contributed by atoms with Gasteiger partial charge in [0.1, 0.15) is 0 Å². The molecule has 1 aromatic carbocycles. The van der Waals surface area contributed by atoms with Crippen molar-refractivity contribution in [1.29, 1.82) is 0 Å². The minimum absolute atomic E-state index is 0.791. The Morgan fingerprint density at radius 3 is 2.61 bits per heavy atom. The summed E-state index contributed by atoms with van der Waals surface area (Å²) in [6.07, 6.45) is 1.34. The van der Waals surface area contributed by atoms with Gasteiger partial charge in [-0.25, -0.2) is 0 Å². The topological polar surface area (TPSA) is 15.3 Å². The predicted octanol–water partition coefficient (Wildman–Crippen LogP) is 3.73. The molecule has 0 aliphatic carbocycles. The highest BCUT2D eigenvalue weighted by atomic mass is 35.5. The number of likely N-dealkylation sites (tertiary alicyclic amines) is 1. The molecule has 2 atom stereocenters. The molecule has 18 heavy (non-hydrogen) atoms. The molecule has 3 heteroatoms. The first-order valence-electron chi connectivity index (χ1n) is 6.87. The van der Waals surface area contributed by atoms with Crippen molar-refractivity contribution in [2.75, 3.05) is 31.5 Å². The fourth-order valence-electron chi connectivity index (χ4n) is 2.48. The molecule has 1 aromatic rings. The van der Waals surface area contributed by atoms with E-state index in [1.807, 2.05) is 24.3 Å². The van der Waals surface area contributed by atoms with Crippen LogP contribution in [0.5, 0.6) is 0 Å². The van der Waals surface area contributed by atoms with E-state index in [1.165, 1.54) is 19.5 Å². The van der Waals surface area contributed by atoms with Gasteiger partial charge >= 0.3 is 0 Å². The van der Waals surface area contributed by atoms with Crippen LogP contribution in [-0.4, -0.2) is 31.1 Å². The first-order valence-corrected chi connectivity index (χ1v) is 7.25. The van der Waals surface area contributed by atoms with Crippen LogP contribution in [0.25, 0.3) is 0 Å². The average molecular weight is 267 g/mol. The van der Waals surface area contributed by atoms with Gasteiger partial charge in [0.25, 0.3) is 0 Å². The summed E-state index contributed by atoms with van der Waals surface area (Å²) in [6.45, 7) is 9.34. The van der Waals surface area contributed by atoms with Crippen LogP contribution in [-0.2, 0) is 0 Å². The summed E-state index contributed by atoms with van der Waals surface area (Å²) < 4.78 is 0. The lowest BCUT2D eigenvalue weighted by atomic mass is 9.89. The fraction of sp³-hybridized carbons (Fsp3) is 0.600. The molecule has 0 radical (unpaired) electrons. The highest BCUT2D eigenvalue weighted by molar-refractivity contribution is 6.30. The third-order valence-electron chi connectivity index (χ3n) is 4.02. The van der Waals surface area contributed by atoms with Gasteiger partial charge in [0.2, 0.25) is 0 Å².